The van der Waals surface area contributed by atoms with Crippen molar-refractivity contribution in [1.29, 1.82) is 0 Å². The number of rotatable bonds is 0. The van der Waals surface area contributed by atoms with Crippen molar-refractivity contribution < 1.29 is 73.3 Å². The van der Waals surface area contributed by atoms with E-state index in [1.165, 1.54) is 0 Å². The molecule has 0 rings (SSSR count). The van der Waals surface area contributed by atoms with Crippen LogP contribution in [0.15, 0.2) is 0 Å². The van der Waals surface area contributed by atoms with E-state index in [-0.39, 0.29) is 77.2 Å². The molecule has 0 aromatic carbocycles. The molecule has 40 valence electrons. The molecule has 0 amide bonds. The van der Waals surface area contributed by atoms with Crippen LogP contribution in [-0.2, 0) is 0 Å². The fourth-order valence-corrected chi connectivity index (χ4v) is 0. The molecule has 0 radical (unpaired) electrons. The Kier molecular flexibility index (Phi) is 26.4. The zero-order valence-electron chi connectivity index (χ0n) is 9.00. The van der Waals surface area contributed by atoms with Crippen LogP contribution in [0, 0.1) is 0 Å². The summed E-state index contributed by atoms with van der Waals surface area (Å²) >= 11 is 0. The monoisotopic (exact) mass is 154 g/mol. The first-order chi connectivity index (χ1) is 2.00. The van der Waals surface area contributed by atoms with Gasteiger partial charge in [0.15, 0.2) is 0 Å². The van der Waals surface area contributed by atoms with Gasteiger partial charge in [0, 0.05) is 0 Å². The van der Waals surface area contributed by atoms with Gasteiger partial charge in [0.1, 0.15) is 0 Å². The van der Waals surface area contributed by atoms with E-state index in [4.69, 9.17) is 19.2 Å². The Bertz CT molecular complexity index is 42.5. The average Bonchev–Trinajstić information content (AvgIpc) is 0.722. The van der Waals surface area contributed by atoms with Gasteiger partial charge < -0.3 is 24.9 Å². The minimum Gasteiger partial charge on any atom is -1.00 e. The Balaban J connectivity index is -0.00000000381. The molecule has 0 aliphatic carbocycles. The summed E-state index contributed by atoms with van der Waals surface area (Å²) < 4.78 is 0. The van der Waals surface area contributed by atoms with Crippen molar-refractivity contribution in [2.75, 3.05) is 0 Å². The molecular weight excluding hydrogens is 146 g/mol. The van der Waals surface area contributed by atoms with E-state index >= 15 is 0 Å². The van der Waals surface area contributed by atoms with Gasteiger partial charge in [0.2, 0.25) is 0 Å². The summed E-state index contributed by atoms with van der Waals surface area (Å²) in [4.78, 5) is 29.3. The maximum Gasteiger partial charge on any atom is 2.00 e. The zero-order chi connectivity index (χ0) is 4.50. The van der Waals surface area contributed by atoms with Crippen molar-refractivity contribution >= 4 is 32.1 Å². The van der Waals surface area contributed by atoms with Gasteiger partial charge in [0.05, 0.1) is 0 Å². The third kappa shape index (κ3) is 79.1. The molecule has 0 fully saturated rings. The maximum atomic E-state index is 7.33. The van der Waals surface area contributed by atoms with Crippen LogP contribution in [0.1, 0.15) is 5.71 Å². The van der Waals surface area contributed by atoms with Crippen molar-refractivity contribution in [3.8, 4) is 0 Å². The van der Waals surface area contributed by atoms with Gasteiger partial charge in [0.25, 0.3) is 0 Å². The molecule has 4 N–H and O–H groups in total. The van der Waals surface area contributed by atoms with Gasteiger partial charge in [-0.1, -0.05) is 0 Å². The number of hydrogen-bond acceptors (Lipinski definition) is 4. The summed E-state index contributed by atoms with van der Waals surface area (Å²) in [6.07, 6.45) is 0. The molecule has 0 bridgehead atoms. The molecule has 0 aliphatic rings. The topological polar surface area (TPSA) is 80.9 Å². The van der Waals surface area contributed by atoms with E-state index in [1.54, 1.807) is 0 Å². The maximum absolute atomic E-state index is 7.33. The van der Waals surface area contributed by atoms with Crippen LogP contribution in [0.5, 0.6) is 0 Å². The van der Waals surface area contributed by atoms with E-state index in [1.807, 2.05) is 0 Å². The van der Waals surface area contributed by atoms with Crippen LogP contribution in [0.3, 0.4) is 0 Å². The minimum atomic E-state index is -4.61. The van der Waals surface area contributed by atoms with E-state index < -0.39 is 9.05 Å². The molecule has 0 heterocycles. The summed E-state index contributed by atoms with van der Waals surface area (Å²) in [7, 11) is -4.61. The molecule has 0 spiro atoms. The van der Waals surface area contributed by atoms with Crippen LogP contribution >= 0.6 is 0 Å². The average molecular weight is 154 g/mol. The van der Waals surface area contributed by atoms with Crippen LogP contribution in [0.2, 0.25) is 0 Å². The van der Waals surface area contributed by atoms with Crippen LogP contribution in [-0.4, -0.2) is 51.3 Å². The molecule has 8 heavy (non-hydrogen) atoms. The van der Waals surface area contributed by atoms with E-state index in [0.29, 0.717) is 0 Å². The van der Waals surface area contributed by atoms with Crippen LogP contribution in [0.25, 0.3) is 0 Å². The third-order valence-corrected chi connectivity index (χ3v) is 0. The van der Waals surface area contributed by atoms with Crippen molar-refractivity contribution in [2.24, 2.45) is 0 Å². The molecule has 0 aromatic heterocycles. The molecule has 4 nitrogen and oxygen atoms in total. The molecule has 8 heteroatoms. The Morgan fingerprint density at radius 3 is 1.00 bits per heavy atom. The van der Waals surface area contributed by atoms with Gasteiger partial charge in [-0.3, -0.25) is 0 Å². The zero-order valence-corrected chi connectivity index (χ0v) is 9.41. The number of hydrogen-bond donors (Lipinski definition) is 4. The second kappa shape index (κ2) is 9.42. The Hall–Kier alpha value is 2.42. The fraction of sp³-hybridized carbons (Fsp3) is 0. The van der Waals surface area contributed by atoms with Gasteiger partial charge in [-0.05, 0) is 0 Å². The second-order valence-corrected chi connectivity index (χ2v) is 1.80. The largest absolute Gasteiger partial charge is 2.00 e. The van der Waals surface area contributed by atoms with Crippen molar-refractivity contribution in [1.82, 2.24) is 0 Å². The predicted molar refractivity (Wildman–Crippen MR) is 24.8 cm³/mol. The van der Waals surface area contributed by atoms with Gasteiger partial charge in [-0.25, -0.2) is 0 Å². The fourth-order valence-electron chi connectivity index (χ4n) is 0. The molecule has 0 saturated carbocycles. The summed E-state index contributed by atoms with van der Waals surface area (Å²) in [5, 5.41) is 0. The van der Waals surface area contributed by atoms with Crippen molar-refractivity contribution in [2.45, 2.75) is 0 Å². The predicted octanol–water partition coefficient (Wildman–Crippen LogP) is -8.53. The first-order valence-electron chi connectivity index (χ1n) is 0.894. The summed E-state index contributed by atoms with van der Waals surface area (Å²) in [6, 6.07) is 0. The molecule has 0 saturated heterocycles. The van der Waals surface area contributed by atoms with Gasteiger partial charge in [-0.2, -0.15) is 0 Å². The first-order valence-corrected chi connectivity index (χ1v) is 2.68. The summed E-state index contributed by atoms with van der Waals surface area (Å²) in [5.74, 6) is 0. The molecule has 0 atom stereocenters. The molecule has 0 unspecified atom stereocenters. The third-order valence-electron chi connectivity index (χ3n) is 0. The van der Waals surface area contributed by atoms with Crippen LogP contribution < -0.4 is 48.4 Å². The first kappa shape index (κ1) is 22.4. The van der Waals surface area contributed by atoms with Crippen molar-refractivity contribution in [3.63, 3.8) is 0 Å². The smallest absolute Gasteiger partial charge is 1.00 e. The molecular formula is H8LiMgNaO4Si. The van der Waals surface area contributed by atoms with Gasteiger partial charge >= 0.3 is 80.5 Å². The quantitative estimate of drug-likeness (QED) is 0.261. The SMILES string of the molecule is O[Si](O)(O)O.[H-].[H-].[H-].[H-].[Li+].[Mg+2].[Na+]. The normalized spacial score (nSPS) is 7.50. The molecule has 0 aliphatic heterocycles. The van der Waals surface area contributed by atoms with E-state index in [2.05, 4.69) is 0 Å². The molecule has 0 aromatic rings. The summed E-state index contributed by atoms with van der Waals surface area (Å²) in [5.41, 5.74) is 0. The van der Waals surface area contributed by atoms with E-state index in [0.717, 1.165) is 0 Å². The minimum absolute atomic E-state index is 0. The van der Waals surface area contributed by atoms with Crippen LogP contribution in [0.4, 0.5) is 0 Å². The Labute approximate surface area is 104 Å². The second-order valence-electron chi connectivity index (χ2n) is 0.600. The Morgan fingerprint density at radius 2 is 1.00 bits per heavy atom. The Morgan fingerprint density at radius 1 is 1.00 bits per heavy atom. The summed E-state index contributed by atoms with van der Waals surface area (Å²) in [6.45, 7) is 0. The standard InChI is InChI=1S/Li.Mg.Na.H4O4Si.4H/c;;;1-5(2,3)4;;;;/h;;;1-4H;;;;/q+1;+2;+1;;4*-1. The van der Waals surface area contributed by atoms with Crippen molar-refractivity contribution in [3.05, 3.63) is 0 Å². The van der Waals surface area contributed by atoms with E-state index in [9.17, 15) is 0 Å². The van der Waals surface area contributed by atoms with Gasteiger partial charge in [-0.15, -0.1) is 0 Å².